The minimum atomic E-state index is -0.637. The number of rotatable bonds is 2. The predicted octanol–water partition coefficient (Wildman–Crippen LogP) is 4.48. The van der Waals surface area contributed by atoms with Gasteiger partial charge in [-0.25, -0.2) is 8.78 Å². The van der Waals surface area contributed by atoms with Gasteiger partial charge in [0.05, 0.1) is 12.3 Å². The fraction of sp³-hybridized carbons (Fsp3) is 0.333. The van der Waals surface area contributed by atoms with E-state index < -0.39 is 11.6 Å². The Bertz CT molecular complexity index is 910. The molecule has 1 saturated heterocycles. The zero-order chi connectivity index (χ0) is 18.8. The third kappa shape index (κ3) is 3.69. The summed E-state index contributed by atoms with van der Waals surface area (Å²) in [6.07, 6.45) is 4.28. The summed E-state index contributed by atoms with van der Waals surface area (Å²) >= 11 is 0. The normalized spacial score (nSPS) is 23.4. The maximum absolute atomic E-state index is 13.6. The summed E-state index contributed by atoms with van der Waals surface area (Å²) in [6.45, 7) is 1.41. The van der Waals surface area contributed by atoms with Crippen LogP contribution in [-0.2, 0) is 4.74 Å². The van der Waals surface area contributed by atoms with Gasteiger partial charge in [-0.2, -0.15) is 10.3 Å². The Morgan fingerprint density at radius 3 is 2.59 bits per heavy atom. The van der Waals surface area contributed by atoms with E-state index in [4.69, 9.17) is 14.7 Å². The van der Waals surface area contributed by atoms with Crippen molar-refractivity contribution in [1.29, 1.82) is 5.26 Å². The molecule has 0 amide bonds. The summed E-state index contributed by atoms with van der Waals surface area (Å²) in [7, 11) is 0. The van der Waals surface area contributed by atoms with Gasteiger partial charge in [-0.1, -0.05) is 6.07 Å². The van der Waals surface area contributed by atoms with Gasteiger partial charge in [-0.3, -0.25) is 0 Å². The number of fused-ring (bicyclic) bond motifs is 1. The molecule has 0 aromatic heterocycles. The first-order chi connectivity index (χ1) is 13.1. The predicted molar refractivity (Wildman–Crippen MR) is 96.5 cm³/mol. The van der Waals surface area contributed by atoms with E-state index in [1.807, 2.05) is 6.19 Å². The zero-order valence-electron chi connectivity index (χ0n) is 14.6. The van der Waals surface area contributed by atoms with Gasteiger partial charge >= 0.3 is 0 Å². The Morgan fingerprint density at radius 2 is 1.89 bits per heavy atom. The number of aliphatic imine (C=N–C) groups is 1. The number of halogens is 2. The van der Waals surface area contributed by atoms with Crippen molar-refractivity contribution in [3.05, 3.63) is 53.6 Å². The van der Waals surface area contributed by atoms with Crippen LogP contribution >= 0.6 is 0 Å². The highest BCUT2D eigenvalue weighted by Gasteiger charge is 2.32. The summed E-state index contributed by atoms with van der Waals surface area (Å²) in [5.41, 5.74) is 2.38. The maximum Gasteiger partial charge on any atom is 0.205 e. The van der Waals surface area contributed by atoms with Crippen LogP contribution in [0.4, 0.5) is 8.78 Å². The summed E-state index contributed by atoms with van der Waals surface area (Å²) in [5.74, 6) is -0.385. The molecule has 0 unspecified atom stereocenters. The molecule has 0 radical (unpaired) electrons. The monoisotopic (exact) mass is 368 g/mol. The van der Waals surface area contributed by atoms with Crippen LogP contribution in [0.3, 0.4) is 0 Å². The maximum atomic E-state index is 13.6. The van der Waals surface area contributed by atoms with Gasteiger partial charge in [0.1, 0.15) is 23.5 Å². The lowest BCUT2D eigenvalue weighted by molar-refractivity contribution is 0.00175. The molecule has 2 heterocycles. The van der Waals surface area contributed by atoms with Crippen molar-refractivity contribution in [2.45, 2.75) is 25.4 Å². The Morgan fingerprint density at radius 1 is 1.07 bits per heavy atom. The van der Waals surface area contributed by atoms with Crippen molar-refractivity contribution in [3.8, 4) is 23.1 Å². The van der Waals surface area contributed by atoms with E-state index in [-0.39, 0.29) is 12.0 Å². The molecule has 0 saturated carbocycles. The van der Waals surface area contributed by atoms with Crippen molar-refractivity contribution >= 4 is 5.71 Å². The molecule has 0 bridgehead atoms. The van der Waals surface area contributed by atoms with Gasteiger partial charge in [0.15, 0.2) is 0 Å². The van der Waals surface area contributed by atoms with Crippen molar-refractivity contribution < 1.29 is 18.3 Å². The van der Waals surface area contributed by atoms with E-state index in [9.17, 15) is 8.78 Å². The van der Waals surface area contributed by atoms with Crippen LogP contribution in [0.5, 0.6) is 5.75 Å². The standard InChI is InChI=1S/C21H18F2N2O2/c22-16-6-15(7-17(23)9-16)13-3-4-20-18(8-13)19(25-12-24)10-21(27-20)14-2-1-5-26-11-14/h3-4,6-9,14,21H,1-2,5,10-11H2/b25-19+/t14-,21-/m0/s1. The molecule has 2 aliphatic heterocycles. The molecule has 138 valence electrons. The van der Waals surface area contributed by atoms with Crippen LogP contribution in [0.1, 0.15) is 24.8 Å². The Hall–Kier alpha value is -2.78. The lowest BCUT2D eigenvalue weighted by atomic mass is 9.87. The van der Waals surface area contributed by atoms with Gasteiger partial charge in [0.25, 0.3) is 0 Å². The highest BCUT2D eigenvalue weighted by atomic mass is 19.1. The second-order valence-electron chi connectivity index (χ2n) is 6.87. The first kappa shape index (κ1) is 17.6. The minimum Gasteiger partial charge on any atom is -0.489 e. The molecule has 27 heavy (non-hydrogen) atoms. The molecule has 2 aromatic rings. The molecule has 4 rings (SSSR count). The molecule has 2 aromatic carbocycles. The summed E-state index contributed by atoms with van der Waals surface area (Å²) in [4.78, 5) is 3.99. The van der Waals surface area contributed by atoms with Gasteiger partial charge in [0, 0.05) is 30.6 Å². The van der Waals surface area contributed by atoms with Gasteiger partial charge in [0.2, 0.25) is 6.19 Å². The van der Waals surface area contributed by atoms with Crippen LogP contribution in [0.25, 0.3) is 11.1 Å². The molecule has 0 N–H and O–H groups in total. The molecule has 6 heteroatoms. The molecule has 1 fully saturated rings. The largest absolute Gasteiger partial charge is 0.489 e. The lowest BCUT2D eigenvalue weighted by Crippen LogP contribution is -2.38. The van der Waals surface area contributed by atoms with E-state index in [0.29, 0.717) is 41.2 Å². The Balaban J connectivity index is 1.70. The average Bonchev–Trinajstić information content (AvgIpc) is 2.68. The molecule has 4 nitrogen and oxygen atoms in total. The number of nitrogens with zero attached hydrogens (tertiary/aromatic N) is 2. The molecule has 0 spiro atoms. The first-order valence-electron chi connectivity index (χ1n) is 8.95. The van der Waals surface area contributed by atoms with E-state index in [0.717, 1.165) is 25.5 Å². The van der Waals surface area contributed by atoms with Gasteiger partial charge in [-0.15, -0.1) is 0 Å². The summed E-state index contributed by atoms with van der Waals surface area (Å²) < 4.78 is 38.9. The zero-order valence-corrected chi connectivity index (χ0v) is 14.6. The number of hydrogen-bond acceptors (Lipinski definition) is 4. The molecular formula is C21H18F2N2O2. The fourth-order valence-corrected chi connectivity index (χ4v) is 3.75. The minimum absolute atomic E-state index is 0.0950. The Labute approximate surface area is 156 Å². The second kappa shape index (κ2) is 7.45. The average molecular weight is 368 g/mol. The molecule has 2 aliphatic rings. The second-order valence-corrected chi connectivity index (χ2v) is 6.87. The lowest BCUT2D eigenvalue weighted by Gasteiger charge is -2.34. The topological polar surface area (TPSA) is 54.6 Å². The van der Waals surface area contributed by atoms with E-state index >= 15 is 0 Å². The van der Waals surface area contributed by atoms with Crippen LogP contribution in [0.2, 0.25) is 0 Å². The number of ether oxygens (including phenoxy) is 2. The molecule has 2 atom stereocenters. The van der Waals surface area contributed by atoms with Crippen LogP contribution in [-0.4, -0.2) is 25.0 Å². The van der Waals surface area contributed by atoms with E-state index in [1.54, 1.807) is 18.2 Å². The van der Waals surface area contributed by atoms with Crippen molar-refractivity contribution in [2.75, 3.05) is 13.2 Å². The van der Waals surface area contributed by atoms with Crippen LogP contribution < -0.4 is 4.74 Å². The van der Waals surface area contributed by atoms with Crippen molar-refractivity contribution in [1.82, 2.24) is 0 Å². The molecule has 0 aliphatic carbocycles. The fourth-order valence-electron chi connectivity index (χ4n) is 3.75. The van der Waals surface area contributed by atoms with Crippen molar-refractivity contribution in [2.24, 2.45) is 10.9 Å². The highest BCUT2D eigenvalue weighted by Crippen LogP contribution is 2.36. The van der Waals surface area contributed by atoms with Crippen molar-refractivity contribution in [3.63, 3.8) is 0 Å². The molecular weight excluding hydrogens is 350 g/mol. The smallest absolute Gasteiger partial charge is 0.205 e. The third-order valence-corrected chi connectivity index (χ3v) is 5.07. The Kier molecular flexibility index (Phi) is 4.87. The third-order valence-electron chi connectivity index (χ3n) is 5.07. The first-order valence-corrected chi connectivity index (χ1v) is 8.95. The summed E-state index contributed by atoms with van der Waals surface area (Å²) in [5, 5.41) is 9.10. The van der Waals surface area contributed by atoms with E-state index in [1.165, 1.54) is 12.1 Å². The SMILES string of the molecule is N#C/N=C1\C[C@@H]([C@H]2CCCOC2)Oc2ccc(-c3cc(F)cc(F)c3)cc21. The summed E-state index contributed by atoms with van der Waals surface area (Å²) in [6, 6.07) is 8.69. The van der Waals surface area contributed by atoms with Gasteiger partial charge in [-0.05, 0) is 48.2 Å². The number of nitriles is 1. The highest BCUT2D eigenvalue weighted by molar-refractivity contribution is 6.05. The quantitative estimate of drug-likeness (QED) is 0.735. The van der Waals surface area contributed by atoms with Gasteiger partial charge < -0.3 is 9.47 Å². The van der Waals surface area contributed by atoms with Crippen LogP contribution in [0.15, 0.2) is 41.4 Å². The number of hydrogen-bond donors (Lipinski definition) is 0. The van der Waals surface area contributed by atoms with Crippen LogP contribution in [0, 0.1) is 29.0 Å². The van der Waals surface area contributed by atoms with E-state index in [2.05, 4.69) is 4.99 Å². The number of benzene rings is 2.